The van der Waals surface area contributed by atoms with E-state index < -0.39 is 0 Å². The number of hydrogen-bond donors (Lipinski definition) is 1. The minimum atomic E-state index is 0.337. The van der Waals surface area contributed by atoms with Crippen molar-refractivity contribution in [2.75, 3.05) is 20.1 Å². The Morgan fingerprint density at radius 3 is 2.15 bits per heavy atom. The topological polar surface area (TPSA) is 29.3 Å². The summed E-state index contributed by atoms with van der Waals surface area (Å²) < 4.78 is 0. The predicted octanol–water partition coefficient (Wildman–Crippen LogP) is 2.09. The molecule has 13 heavy (non-hydrogen) atoms. The van der Waals surface area contributed by atoms with E-state index in [1.807, 2.05) is 0 Å². The average Bonchev–Trinajstić information content (AvgIpc) is 2.10. The van der Waals surface area contributed by atoms with Crippen molar-refractivity contribution in [1.82, 2.24) is 4.90 Å². The van der Waals surface area contributed by atoms with Crippen LogP contribution in [-0.2, 0) is 0 Å². The van der Waals surface area contributed by atoms with Crippen molar-refractivity contribution >= 4 is 0 Å². The van der Waals surface area contributed by atoms with E-state index in [2.05, 4.69) is 32.7 Å². The second-order valence-electron chi connectivity index (χ2n) is 4.21. The minimum Gasteiger partial charge on any atom is -0.328 e. The van der Waals surface area contributed by atoms with Gasteiger partial charge >= 0.3 is 0 Å². The van der Waals surface area contributed by atoms with Crippen LogP contribution in [0.4, 0.5) is 0 Å². The zero-order valence-corrected chi connectivity index (χ0v) is 9.71. The van der Waals surface area contributed by atoms with Crippen molar-refractivity contribution in [2.24, 2.45) is 11.7 Å². The highest BCUT2D eigenvalue weighted by Crippen LogP contribution is 2.08. The lowest BCUT2D eigenvalue weighted by atomic mass is 10.0. The predicted molar refractivity (Wildman–Crippen MR) is 59.8 cm³/mol. The second-order valence-corrected chi connectivity index (χ2v) is 4.21. The van der Waals surface area contributed by atoms with Crippen molar-refractivity contribution in [1.29, 1.82) is 0 Å². The van der Waals surface area contributed by atoms with Crippen LogP contribution in [-0.4, -0.2) is 31.1 Å². The fourth-order valence-electron chi connectivity index (χ4n) is 1.50. The lowest BCUT2D eigenvalue weighted by molar-refractivity contribution is 0.260. The van der Waals surface area contributed by atoms with E-state index >= 15 is 0 Å². The highest BCUT2D eigenvalue weighted by molar-refractivity contribution is 4.63. The molecule has 0 rings (SSSR count). The van der Waals surface area contributed by atoms with Gasteiger partial charge in [0.15, 0.2) is 0 Å². The minimum absolute atomic E-state index is 0.337. The van der Waals surface area contributed by atoms with Gasteiger partial charge in [0.1, 0.15) is 0 Å². The van der Waals surface area contributed by atoms with Gasteiger partial charge in [-0.1, -0.05) is 26.7 Å². The largest absolute Gasteiger partial charge is 0.328 e. The summed E-state index contributed by atoms with van der Waals surface area (Å²) in [6.45, 7) is 8.97. The Labute approximate surface area is 83.5 Å². The summed E-state index contributed by atoms with van der Waals surface area (Å²) in [7, 11) is 2.20. The van der Waals surface area contributed by atoms with E-state index in [1.165, 1.54) is 19.4 Å². The molecule has 0 aliphatic heterocycles. The normalized spacial score (nSPS) is 14.1. The third kappa shape index (κ3) is 7.03. The van der Waals surface area contributed by atoms with Gasteiger partial charge in [-0.05, 0) is 32.9 Å². The van der Waals surface area contributed by atoms with Crippen LogP contribution in [0, 0.1) is 5.92 Å². The summed E-state index contributed by atoms with van der Waals surface area (Å²) >= 11 is 0. The first-order valence-electron chi connectivity index (χ1n) is 5.54. The summed E-state index contributed by atoms with van der Waals surface area (Å²) in [5.41, 5.74) is 5.71. The summed E-state index contributed by atoms with van der Waals surface area (Å²) in [5.74, 6) is 0.859. The number of nitrogens with two attached hydrogens (primary N) is 1. The van der Waals surface area contributed by atoms with Gasteiger partial charge in [-0.15, -0.1) is 0 Å². The fourth-order valence-corrected chi connectivity index (χ4v) is 1.50. The molecular formula is C11H26N2. The van der Waals surface area contributed by atoms with Crippen LogP contribution in [0.15, 0.2) is 0 Å². The van der Waals surface area contributed by atoms with Crippen LogP contribution in [0.25, 0.3) is 0 Å². The van der Waals surface area contributed by atoms with E-state index in [1.54, 1.807) is 0 Å². The molecule has 0 spiro atoms. The Morgan fingerprint density at radius 1 is 1.23 bits per heavy atom. The zero-order valence-electron chi connectivity index (χ0n) is 9.71. The SMILES string of the molecule is CCC(CC)CN(C)CCC(C)N. The molecular weight excluding hydrogens is 160 g/mol. The molecule has 0 amide bonds. The molecule has 0 aliphatic rings. The Bertz CT molecular complexity index is 109. The van der Waals surface area contributed by atoms with Crippen LogP contribution in [0.1, 0.15) is 40.0 Å². The summed E-state index contributed by atoms with van der Waals surface area (Å²) in [4.78, 5) is 2.40. The molecule has 0 aromatic carbocycles. The molecule has 1 atom stereocenters. The maximum Gasteiger partial charge on any atom is 0.00226 e. The standard InChI is InChI=1S/C11H26N2/c1-5-11(6-2)9-13(4)8-7-10(3)12/h10-11H,5-9,12H2,1-4H3. The average molecular weight is 186 g/mol. The smallest absolute Gasteiger partial charge is 0.00226 e. The van der Waals surface area contributed by atoms with Crippen LogP contribution in [0.5, 0.6) is 0 Å². The van der Waals surface area contributed by atoms with E-state index in [4.69, 9.17) is 5.73 Å². The van der Waals surface area contributed by atoms with Crippen molar-refractivity contribution in [3.8, 4) is 0 Å². The molecule has 2 nitrogen and oxygen atoms in total. The Kier molecular flexibility index (Phi) is 7.29. The second kappa shape index (κ2) is 7.34. The van der Waals surface area contributed by atoms with Crippen molar-refractivity contribution in [3.05, 3.63) is 0 Å². The van der Waals surface area contributed by atoms with Crippen molar-refractivity contribution in [2.45, 2.75) is 46.1 Å². The molecule has 0 heterocycles. The van der Waals surface area contributed by atoms with Gasteiger partial charge in [0.25, 0.3) is 0 Å². The quantitative estimate of drug-likeness (QED) is 0.659. The van der Waals surface area contributed by atoms with Gasteiger partial charge in [-0.25, -0.2) is 0 Å². The monoisotopic (exact) mass is 186 g/mol. The van der Waals surface area contributed by atoms with Crippen LogP contribution >= 0.6 is 0 Å². The Morgan fingerprint density at radius 2 is 1.77 bits per heavy atom. The molecule has 80 valence electrons. The highest BCUT2D eigenvalue weighted by Gasteiger charge is 2.07. The lowest BCUT2D eigenvalue weighted by Gasteiger charge is -2.22. The molecule has 2 heteroatoms. The van der Waals surface area contributed by atoms with E-state index in [0.29, 0.717) is 6.04 Å². The first-order chi connectivity index (χ1) is 6.10. The maximum atomic E-state index is 5.71. The molecule has 0 saturated carbocycles. The van der Waals surface area contributed by atoms with Crippen LogP contribution < -0.4 is 5.73 Å². The third-order valence-corrected chi connectivity index (χ3v) is 2.69. The molecule has 0 radical (unpaired) electrons. The molecule has 2 N–H and O–H groups in total. The fraction of sp³-hybridized carbons (Fsp3) is 1.00. The number of hydrogen-bond acceptors (Lipinski definition) is 2. The van der Waals surface area contributed by atoms with Gasteiger partial charge in [-0.3, -0.25) is 0 Å². The third-order valence-electron chi connectivity index (χ3n) is 2.69. The maximum absolute atomic E-state index is 5.71. The van der Waals surface area contributed by atoms with Crippen LogP contribution in [0.2, 0.25) is 0 Å². The van der Waals surface area contributed by atoms with Gasteiger partial charge in [-0.2, -0.15) is 0 Å². The summed E-state index contributed by atoms with van der Waals surface area (Å²) in [6, 6.07) is 0.337. The number of rotatable bonds is 7. The van der Waals surface area contributed by atoms with E-state index in [9.17, 15) is 0 Å². The van der Waals surface area contributed by atoms with Crippen molar-refractivity contribution < 1.29 is 0 Å². The van der Waals surface area contributed by atoms with Crippen molar-refractivity contribution in [3.63, 3.8) is 0 Å². The summed E-state index contributed by atoms with van der Waals surface area (Å²) in [5, 5.41) is 0. The molecule has 0 aliphatic carbocycles. The zero-order chi connectivity index (χ0) is 10.3. The Hall–Kier alpha value is -0.0800. The lowest BCUT2D eigenvalue weighted by Crippen LogP contribution is -2.29. The molecule has 0 saturated heterocycles. The first-order valence-corrected chi connectivity index (χ1v) is 5.54. The summed E-state index contributed by atoms with van der Waals surface area (Å²) in [6.07, 6.45) is 3.69. The van der Waals surface area contributed by atoms with E-state index in [-0.39, 0.29) is 0 Å². The molecule has 0 fully saturated rings. The molecule has 1 unspecified atom stereocenters. The Balaban J connectivity index is 3.53. The number of nitrogens with zero attached hydrogens (tertiary/aromatic N) is 1. The first kappa shape index (κ1) is 12.9. The highest BCUT2D eigenvalue weighted by atomic mass is 15.1. The van der Waals surface area contributed by atoms with Gasteiger partial charge < -0.3 is 10.6 Å². The molecule has 0 aromatic heterocycles. The molecule has 0 bridgehead atoms. The van der Waals surface area contributed by atoms with Gasteiger partial charge in [0.05, 0.1) is 0 Å². The van der Waals surface area contributed by atoms with E-state index in [0.717, 1.165) is 18.9 Å². The van der Waals surface area contributed by atoms with Crippen LogP contribution in [0.3, 0.4) is 0 Å². The molecule has 0 aromatic rings. The van der Waals surface area contributed by atoms with Gasteiger partial charge in [0.2, 0.25) is 0 Å². The van der Waals surface area contributed by atoms with Gasteiger partial charge in [0, 0.05) is 12.6 Å².